The smallest absolute Gasteiger partial charge is 0.190 e. The first kappa shape index (κ1) is 19.0. The van der Waals surface area contributed by atoms with Gasteiger partial charge in [-0.15, -0.1) is 24.0 Å². The normalized spacial score (nSPS) is 21.5. The fourth-order valence-electron chi connectivity index (χ4n) is 3.13. The zero-order valence-electron chi connectivity index (χ0n) is 13.6. The summed E-state index contributed by atoms with van der Waals surface area (Å²) >= 11 is 0. The number of ether oxygens (including phenoxy) is 1. The molecular formula is C16H32IN3O. The Morgan fingerprint density at radius 1 is 1.19 bits per heavy atom. The van der Waals surface area contributed by atoms with Crippen LogP contribution in [-0.4, -0.2) is 39.3 Å². The van der Waals surface area contributed by atoms with Crippen LogP contribution in [0.4, 0.5) is 0 Å². The second-order valence-corrected chi connectivity index (χ2v) is 6.80. The molecule has 0 aromatic rings. The highest BCUT2D eigenvalue weighted by Gasteiger charge is 2.33. The van der Waals surface area contributed by atoms with Crippen LogP contribution in [0.2, 0.25) is 0 Å². The van der Waals surface area contributed by atoms with E-state index in [9.17, 15) is 0 Å². The molecule has 0 bridgehead atoms. The SMILES string of the molecule is CN=C(NCCCCC1CCCC1)NCC1(C)COC1.I. The highest BCUT2D eigenvalue weighted by molar-refractivity contribution is 14.0. The van der Waals surface area contributed by atoms with Crippen molar-refractivity contribution in [3.05, 3.63) is 0 Å². The largest absolute Gasteiger partial charge is 0.380 e. The predicted molar refractivity (Wildman–Crippen MR) is 99.5 cm³/mol. The summed E-state index contributed by atoms with van der Waals surface area (Å²) in [4.78, 5) is 4.28. The van der Waals surface area contributed by atoms with E-state index in [4.69, 9.17) is 4.74 Å². The highest BCUT2D eigenvalue weighted by atomic mass is 127. The van der Waals surface area contributed by atoms with Crippen molar-refractivity contribution in [2.45, 2.75) is 51.9 Å². The average molecular weight is 409 g/mol. The Bertz CT molecular complexity index is 313. The zero-order chi connectivity index (χ0) is 14.3. The predicted octanol–water partition coefficient (Wildman–Crippen LogP) is 3.17. The third-order valence-electron chi connectivity index (χ3n) is 4.61. The summed E-state index contributed by atoms with van der Waals surface area (Å²) in [5.41, 5.74) is 0.292. The summed E-state index contributed by atoms with van der Waals surface area (Å²) in [5.74, 6) is 1.95. The lowest BCUT2D eigenvalue weighted by atomic mass is 9.89. The summed E-state index contributed by atoms with van der Waals surface area (Å²) in [7, 11) is 1.84. The molecule has 0 spiro atoms. The van der Waals surface area contributed by atoms with Crippen molar-refractivity contribution in [2.24, 2.45) is 16.3 Å². The van der Waals surface area contributed by atoms with Crippen molar-refractivity contribution < 1.29 is 4.74 Å². The molecule has 2 fully saturated rings. The van der Waals surface area contributed by atoms with Crippen LogP contribution in [0.5, 0.6) is 0 Å². The molecule has 1 saturated carbocycles. The fraction of sp³-hybridized carbons (Fsp3) is 0.938. The minimum atomic E-state index is 0. The summed E-state index contributed by atoms with van der Waals surface area (Å²) in [6.07, 6.45) is 9.87. The van der Waals surface area contributed by atoms with E-state index in [1.807, 2.05) is 7.05 Å². The van der Waals surface area contributed by atoms with Crippen molar-refractivity contribution in [1.29, 1.82) is 0 Å². The average Bonchev–Trinajstić information content (AvgIpc) is 2.93. The Hall–Kier alpha value is -0.0400. The third-order valence-corrected chi connectivity index (χ3v) is 4.61. The molecule has 1 saturated heterocycles. The maximum absolute atomic E-state index is 5.27. The van der Waals surface area contributed by atoms with E-state index in [-0.39, 0.29) is 24.0 Å². The number of unbranched alkanes of at least 4 members (excludes halogenated alkanes) is 1. The van der Waals surface area contributed by atoms with Crippen LogP contribution in [0.25, 0.3) is 0 Å². The van der Waals surface area contributed by atoms with Crippen molar-refractivity contribution >= 4 is 29.9 Å². The van der Waals surface area contributed by atoms with E-state index >= 15 is 0 Å². The van der Waals surface area contributed by atoms with Crippen molar-refractivity contribution in [3.8, 4) is 0 Å². The van der Waals surface area contributed by atoms with E-state index in [2.05, 4.69) is 22.5 Å². The van der Waals surface area contributed by atoms with Crippen LogP contribution < -0.4 is 10.6 Å². The van der Waals surface area contributed by atoms with Gasteiger partial charge in [0.05, 0.1) is 13.2 Å². The maximum Gasteiger partial charge on any atom is 0.190 e. The number of nitrogens with one attached hydrogen (secondary N) is 2. The molecule has 4 nitrogen and oxygen atoms in total. The Balaban J connectivity index is 0.00000220. The number of guanidine groups is 1. The van der Waals surface area contributed by atoms with Gasteiger partial charge in [-0.2, -0.15) is 0 Å². The second kappa shape index (κ2) is 9.87. The van der Waals surface area contributed by atoms with Crippen LogP contribution in [0.1, 0.15) is 51.9 Å². The molecule has 1 aliphatic heterocycles. The van der Waals surface area contributed by atoms with Gasteiger partial charge < -0.3 is 15.4 Å². The van der Waals surface area contributed by atoms with E-state index in [0.29, 0.717) is 5.41 Å². The Morgan fingerprint density at radius 2 is 1.90 bits per heavy atom. The minimum absolute atomic E-state index is 0. The van der Waals surface area contributed by atoms with Gasteiger partial charge in [0.2, 0.25) is 0 Å². The quantitative estimate of drug-likeness (QED) is 0.294. The van der Waals surface area contributed by atoms with E-state index < -0.39 is 0 Å². The van der Waals surface area contributed by atoms with Gasteiger partial charge in [-0.3, -0.25) is 4.99 Å². The van der Waals surface area contributed by atoms with Gasteiger partial charge in [-0.1, -0.05) is 45.4 Å². The highest BCUT2D eigenvalue weighted by Crippen LogP contribution is 2.28. The molecule has 124 valence electrons. The molecule has 2 N–H and O–H groups in total. The van der Waals surface area contributed by atoms with Crippen molar-refractivity contribution in [2.75, 3.05) is 33.4 Å². The molecule has 2 rings (SSSR count). The lowest BCUT2D eigenvalue weighted by Crippen LogP contribution is -2.51. The van der Waals surface area contributed by atoms with E-state index in [1.165, 1.54) is 44.9 Å². The van der Waals surface area contributed by atoms with Gasteiger partial charge in [0, 0.05) is 25.6 Å². The molecular weight excluding hydrogens is 377 g/mol. The van der Waals surface area contributed by atoms with Crippen LogP contribution in [0.15, 0.2) is 4.99 Å². The van der Waals surface area contributed by atoms with E-state index in [1.54, 1.807) is 0 Å². The van der Waals surface area contributed by atoms with Gasteiger partial charge in [0.25, 0.3) is 0 Å². The molecule has 1 aliphatic carbocycles. The Kier molecular flexibility index (Phi) is 8.94. The first-order chi connectivity index (χ1) is 9.72. The molecule has 5 heteroatoms. The van der Waals surface area contributed by atoms with Gasteiger partial charge >= 0.3 is 0 Å². The topological polar surface area (TPSA) is 45.7 Å². The summed E-state index contributed by atoms with van der Waals surface area (Å²) < 4.78 is 5.27. The van der Waals surface area contributed by atoms with Crippen LogP contribution in [0.3, 0.4) is 0 Å². The minimum Gasteiger partial charge on any atom is -0.380 e. The lowest BCUT2D eigenvalue weighted by molar-refractivity contribution is -0.0971. The van der Waals surface area contributed by atoms with Crippen molar-refractivity contribution in [3.63, 3.8) is 0 Å². The first-order valence-electron chi connectivity index (χ1n) is 8.24. The van der Waals surface area contributed by atoms with Crippen LogP contribution in [0, 0.1) is 11.3 Å². The van der Waals surface area contributed by atoms with Gasteiger partial charge in [0.1, 0.15) is 0 Å². The van der Waals surface area contributed by atoms with Crippen molar-refractivity contribution in [1.82, 2.24) is 10.6 Å². The third kappa shape index (κ3) is 6.72. The lowest BCUT2D eigenvalue weighted by Gasteiger charge is -2.38. The molecule has 0 amide bonds. The number of hydrogen-bond donors (Lipinski definition) is 2. The standard InChI is InChI=1S/C16H31N3O.HI/c1-16(12-20-13-16)11-19-15(17-2)18-10-6-5-9-14-7-3-4-8-14;/h14H,3-13H2,1-2H3,(H2,17,18,19);1H. The summed E-state index contributed by atoms with van der Waals surface area (Å²) in [5, 5.41) is 6.82. The fourth-order valence-corrected chi connectivity index (χ4v) is 3.13. The molecule has 0 atom stereocenters. The molecule has 0 unspecified atom stereocenters. The number of nitrogens with zero attached hydrogens (tertiary/aromatic N) is 1. The number of aliphatic imine (C=N–C) groups is 1. The molecule has 1 heterocycles. The van der Waals surface area contributed by atoms with Crippen LogP contribution in [-0.2, 0) is 4.74 Å². The monoisotopic (exact) mass is 409 g/mol. The number of rotatable bonds is 7. The molecule has 21 heavy (non-hydrogen) atoms. The molecule has 0 radical (unpaired) electrons. The van der Waals surface area contributed by atoms with Gasteiger partial charge in [-0.05, 0) is 12.3 Å². The van der Waals surface area contributed by atoms with E-state index in [0.717, 1.165) is 38.2 Å². The molecule has 0 aromatic carbocycles. The van der Waals surface area contributed by atoms with Gasteiger partial charge in [0.15, 0.2) is 5.96 Å². The number of halogens is 1. The van der Waals surface area contributed by atoms with Crippen LogP contribution >= 0.6 is 24.0 Å². The van der Waals surface area contributed by atoms with Gasteiger partial charge in [-0.25, -0.2) is 0 Å². The Labute approximate surface area is 146 Å². The zero-order valence-corrected chi connectivity index (χ0v) is 15.9. The number of hydrogen-bond acceptors (Lipinski definition) is 2. The summed E-state index contributed by atoms with van der Waals surface area (Å²) in [6, 6.07) is 0. The second-order valence-electron chi connectivity index (χ2n) is 6.80. The Morgan fingerprint density at radius 3 is 2.48 bits per heavy atom. The molecule has 2 aliphatic rings. The maximum atomic E-state index is 5.27. The summed E-state index contributed by atoms with van der Waals surface area (Å²) in [6.45, 7) is 5.93. The molecule has 0 aromatic heterocycles. The first-order valence-corrected chi connectivity index (χ1v) is 8.24.